The Bertz CT molecular complexity index is 490. The van der Waals surface area contributed by atoms with Crippen molar-refractivity contribution in [1.82, 2.24) is 14.8 Å². The Kier molecular flexibility index (Phi) is 1.92. The summed E-state index contributed by atoms with van der Waals surface area (Å²) in [6.07, 6.45) is 3.02. The van der Waals surface area contributed by atoms with Gasteiger partial charge in [0.2, 0.25) is 0 Å². The smallest absolute Gasteiger partial charge is 0.336 e. The summed E-state index contributed by atoms with van der Waals surface area (Å²) in [6.45, 7) is 2.61. The van der Waals surface area contributed by atoms with Crippen molar-refractivity contribution in [2.24, 2.45) is 0 Å². The van der Waals surface area contributed by atoms with E-state index >= 15 is 0 Å². The maximum atomic E-state index is 10.8. The number of carboxylic acid groups (broad SMARTS) is 1. The summed E-state index contributed by atoms with van der Waals surface area (Å²) in [7, 11) is 0. The molecule has 2 heterocycles. The first-order valence-electron chi connectivity index (χ1n) is 4.28. The Hall–Kier alpha value is -1.91. The lowest BCUT2D eigenvalue weighted by atomic mass is 10.2. The van der Waals surface area contributed by atoms with E-state index in [1.54, 1.807) is 4.68 Å². The van der Waals surface area contributed by atoms with Gasteiger partial charge in [-0.1, -0.05) is 0 Å². The summed E-state index contributed by atoms with van der Waals surface area (Å²) >= 11 is 0. The van der Waals surface area contributed by atoms with Gasteiger partial charge in [-0.2, -0.15) is 5.10 Å². The first kappa shape index (κ1) is 8.68. The number of hydrogen-bond donors (Lipinski definition) is 1. The van der Waals surface area contributed by atoms with Crippen molar-refractivity contribution in [3.63, 3.8) is 0 Å². The van der Waals surface area contributed by atoms with Crippen LogP contribution in [0.25, 0.3) is 11.0 Å². The van der Waals surface area contributed by atoms with Crippen molar-refractivity contribution in [3.05, 3.63) is 24.0 Å². The number of aryl methyl sites for hydroxylation is 1. The van der Waals surface area contributed by atoms with Gasteiger partial charge in [0, 0.05) is 12.7 Å². The summed E-state index contributed by atoms with van der Waals surface area (Å²) in [6, 6.07) is 1.48. The number of carboxylic acids is 1. The molecule has 0 fully saturated rings. The maximum absolute atomic E-state index is 10.8. The molecule has 0 amide bonds. The minimum Gasteiger partial charge on any atom is -0.478 e. The molecule has 2 rings (SSSR count). The minimum atomic E-state index is -0.951. The van der Waals surface area contributed by atoms with Crippen LogP contribution in [0.5, 0.6) is 0 Å². The van der Waals surface area contributed by atoms with Gasteiger partial charge in [-0.25, -0.2) is 14.5 Å². The second kappa shape index (κ2) is 3.10. The lowest BCUT2D eigenvalue weighted by Crippen LogP contribution is -2.00. The summed E-state index contributed by atoms with van der Waals surface area (Å²) in [5.74, 6) is -0.951. The fourth-order valence-corrected chi connectivity index (χ4v) is 1.40. The second-order valence-corrected chi connectivity index (χ2v) is 2.86. The predicted octanol–water partition coefficient (Wildman–Crippen LogP) is 1.15. The number of hydrogen-bond acceptors (Lipinski definition) is 3. The van der Waals surface area contributed by atoms with Gasteiger partial charge in [0.05, 0.1) is 17.1 Å². The summed E-state index contributed by atoms with van der Waals surface area (Å²) in [5.41, 5.74) is 0.863. The molecule has 1 N–H and O–H groups in total. The maximum Gasteiger partial charge on any atom is 0.336 e. The fourth-order valence-electron chi connectivity index (χ4n) is 1.40. The van der Waals surface area contributed by atoms with Gasteiger partial charge < -0.3 is 5.11 Å². The Morgan fingerprint density at radius 3 is 3.07 bits per heavy atom. The van der Waals surface area contributed by atoms with Crippen LogP contribution in [0.15, 0.2) is 18.5 Å². The van der Waals surface area contributed by atoms with Crippen molar-refractivity contribution in [1.29, 1.82) is 0 Å². The van der Waals surface area contributed by atoms with E-state index in [9.17, 15) is 4.79 Å². The van der Waals surface area contributed by atoms with Gasteiger partial charge in [0.1, 0.15) is 0 Å². The van der Waals surface area contributed by atoms with Crippen LogP contribution in [-0.2, 0) is 6.54 Å². The molecule has 0 atom stereocenters. The van der Waals surface area contributed by atoms with E-state index in [1.807, 2.05) is 6.92 Å². The van der Waals surface area contributed by atoms with Gasteiger partial charge >= 0.3 is 5.97 Å². The first-order valence-corrected chi connectivity index (χ1v) is 4.28. The van der Waals surface area contributed by atoms with Crippen LogP contribution in [0.1, 0.15) is 17.3 Å². The van der Waals surface area contributed by atoms with Crippen LogP contribution in [0.3, 0.4) is 0 Å². The molecule has 0 radical (unpaired) electrons. The molecule has 5 heteroatoms. The molecule has 0 spiro atoms. The zero-order valence-corrected chi connectivity index (χ0v) is 7.64. The molecule has 0 saturated heterocycles. The average molecular weight is 191 g/mol. The van der Waals surface area contributed by atoms with E-state index in [2.05, 4.69) is 10.1 Å². The summed E-state index contributed by atoms with van der Waals surface area (Å²) in [4.78, 5) is 14.9. The van der Waals surface area contributed by atoms with E-state index in [0.29, 0.717) is 17.6 Å². The lowest BCUT2D eigenvalue weighted by Gasteiger charge is -1.98. The van der Waals surface area contributed by atoms with Gasteiger partial charge in [-0.3, -0.25) is 0 Å². The molecule has 0 saturated carbocycles. The molecule has 5 nitrogen and oxygen atoms in total. The number of fused-ring (bicyclic) bond motifs is 1. The quantitative estimate of drug-likeness (QED) is 0.773. The highest BCUT2D eigenvalue weighted by Gasteiger charge is 2.11. The van der Waals surface area contributed by atoms with E-state index in [4.69, 9.17) is 5.11 Å². The van der Waals surface area contributed by atoms with Crippen molar-refractivity contribution in [3.8, 4) is 0 Å². The molecular weight excluding hydrogens is 182 g/mol. The SMILES string of the molecule is CCn1ncc2c(C(=O)O)ccnc21. The average Bonchev–Trinajstić information content (AvgIpc) is 2.59. The molecule has 0 aliphatic heterocycles. The largest absolute Gasteiger partial charge is 0.478 e. The molecule has 0 unspecified atom stereocenters. The standard InChI is InChI=1S/C9H9N3O2/c1-2-12-8-7(5-11-12)6(9(13)14)3-4-10-8/h3-5H,2H2,1H3,(H,13,14). The molecule has 0 aliphatic rings. The molecule has 14 heavy (non-hydrogen) atoms. The Morgan fingerprint density at radius 2 is 2.43 bits per heavy atom. The molecule has 0 aromatic carbocycles. The fraction of sp³-hybridized carbons (Fsp3) is 0.222. The van der Waals surface area contributed by atoms with Gasteiger partial charge in [0.15, 0.2) is 5.65 Å². The van der Waals surface area contributed by atoms with Gasteiger partial charge in [-0.15, -0.1) is 0 Å². The lowest BCUT2D eigenvalue weighted by molar-refractivity contribution is 0.0699. The third-order valence-electron chi connectivity index (χ3n) is 2.07. The van der Waals surface area contributed by atoms with E-state index < -0.39 is 5.97 Å². The number of pyridine rings is 1. The van der Waals surface area contributed by atoms with Crippen LogP contribution in [0.2, 0.25) is 0 Å². The molecular formula is C9H9N3O2. The van der Waals surface area contributed by atoms with Crippen molar-refractivity contribution >= 4 is 17.0 Å². The minimum absolute atomic E-state index is 0.245. The third-order valence-corrected chi connectivity index (χ3v) is 2.07. The van der Waals surface area contributed by atoms with E-state index in [0.717, 1.165) is 0 Å². The highest BCUT2D eigenvalue weighted by atomic mass is 16.4. The van der Waals surface area contributed by atoms with Crippen LogP contribution >= 0.6 is 0 Å². The highest BCUT2D eigenvalue weighted by molar-refractivity contribution is 6.01. The molecule has 2 aromatic rings. The predicted molar refractivity (Wildman–Crippen MR) is 50.2 cm³/mol. The van der Waals surface area contributed by atoms with Crippen LogP contribution in [0.4, 0.5) is 0 Å². The number of aromatic carboxylic acids is 1. The Labute approximate surface area is 80.0 Å². The first-order chi connectivity index (χ1) is 6.74. The Morgan fingerprint density at radius 1 is 1.64 bits per heavy atom. The molecule has 0 aliphatic carbocycles. The summed E-state index contributed by atoms with van der Waals surface area (Å²) in [5, 5.41) is 13.5. The number of carbonyl (C=O) groups is 1. The summed E-state index contributed by atoms with van der Waals surface area (Å²) < 4.78 is 1.67. The third kappa shape index (κ3) is 1.14. The highest BCUT2D eigenvalue weighted by Crippen LogP contribution is 2.15. The van der Waals surface area contributed by atoms with Crippen LogP contribution in [0, 0.1) is 0 Å². The number of rotatable bonds is 2. The second-order valence-electron chi connectivity index (χ2n) is 2.86. The van der Waals surface area contributed by atoms with Crippen LogP contribution < -0.4 is 0 Å². The molecule has 72 valence electrons. The topological polar surface area (TPSA) is 68.0 Å². The van der Waals surface area contributed by atoms with Crippen molar-refractivity contribution < 1.29 is 9.90 Å². The van der Waals surface area contributed by atoms with E-state index in [1.165, 1.54) is 18.5 Å². The Balaban J connectivity index is 2.76. The zero-order valence-electron chi connectivity index (χ0n) is 7.64. The van der Waals surface area contributed by atoms with Gasteiger partial charge in [0.25, 0.3) is 0 Å². The number of nitrogens with zero attached hydrogens (tertiary/aromatic N) is 3. The van der Waals surface area contributed by atoms with Crippen molar-refractivity contribution in [2.75, 3.05) is 0 Å². The zero-order chi connectivity index (χ0) is 10.1. The van der Waals surface area contributed by atoms with Gasteiger partial charge in [-0.05, 0) is 13.0 Å². The van der Waals surface area contributed by atoms with Crippen molar-refractivity contribution in [2.45, 2.75) is 13.5 Å². The molecule has 2 aromatic heterocycles. The van der Waals surface area contributed by atoms with E-state index in [-0.39, 0.29) is 5.56 Å². The normalized spacial score (nSPS) is 10.6. The van der Waals surface area contributed by atoms with Crippen LogP contribution in [-0.4, -0.2) is 25.8 Å². The molecule has 0 bridgehead atoms. The monoisotopic (exact) mass is 191 g/mol. The number of aromatic nitrogens is 3.